The van der Waals surface area contributed by atoms with Gasteiger partial charge in [-0.1, -0.05) is 41.9 Å². The summed E-state index contributed by atoms with van der Waals surface area (Å²) in [5, 5.41) is 0. The first kappa shape index (κ1) is 14.7. The molecule has 1 aromatic rings. The van der Waals surface area contributed by atoms with Crippen LogP contribution in [0.2, 0.25) is 0 Å². The first-order valence-electron chi connectivity index (χ1n) is 5.53. The van der Waals surface area contributed by atoms with Crippen molar-refractivity contribution in [1.29, 1.82) is 0 Å². The summed E-state index contributed by atoms with van der Waals surface area (Å²) in [6.45, 7) is 4.30. The van der Waals surface area contributed by atoms with Gasteiger partial charge in [0.05, 0.1) is 4.90 Å². The predicted molar refractivity (Wildman–Crippen MR) is 73.9 cm³/mol. The minimum absolute atomic E-state index is 0.305. The van der Waals surface area contributed by atoms with Crippen LogP contribution in [0.3, 0.4) is 0 Å². The lowest BCUT2D eigenvalue weighted by atomic mass is 10.0. The fraction of sp³-hybridized carbons (Fsp3) is 0.500. The maximum atomic E-state index is 11.5. The molecule has 0 aliphatic rings. The van der Waals surface area contributed by atoms with E-state index in [1.165, 1.54) is 7.05 Å². The Labute approximate surface area is 112 Å². The average Bonchev–Trinajstić information content (AvgIpc) is 2.29. The second-order valence-electron chi connectivity index (χ2n) is 4.32. The van der Waals surface area contributed by atoms with Crippen molar-refractivity contribution in [3.63, 3.8) is 0 Å². The molecule has 17 heavy (non-hydrogen) atoms. The molecule has 1 atom stereocenters. The van der Waals surface area contributed by atoms with Gasteiger partial charge in [-0.25, -0.2) is 13.1 Å². The van der Waals surface area contributed by atoms with Gasteiger partial charge in [0.25, 0.3) is 0 Å². The minimum atomic E-state index is -3.32. The van der Waals surface area contributed by atoms with Crippen molar-refractivity contribution in [2.45, 2.75) is 30.0 Å². The molecule has 0 amide bonds. The van der Waals surface area contributed by atoms with Gasteiger partial charge in [-0.3, -0.25) is 0 Å². The molecule has 1 rings (SSSR count). The third kappa shape index (κ3) is 4.08. The molecule has 1 unspecified atom stereocenters. The number of benzene rings is 1. The normalized spacial score (nSPS) is 13.9. The molecule has 1 aromatic carbocycles. The molecule has 0 aromatic heterocycles. The average molecular weight is 320 g/mol. The summed E-state index contributed by atoms with van der Waals surface area (Å²) < 4.78 is 25.3. The first-order chi connectivity index (χ1) is 7.86. The monoisotopic (exact) mass is 319 g/mol. The molecular formula is C12H18BrNO2S. The quantitative estimate of drug-likeness (QED) is 0.848. The van der Waals surface area contributed by atoms with Crippen molar-refractivity contribution in [3.05, 3.63) is 29.8 Å². The van der Waals surface area contributed by atoms with E-state index < -0.39 is 10.0 Å². The number of nitrogens with one attached hydrogen (secondary N) is 1. The van der Waals surface area contributed by atoms with Crippen LogP contribution in [0.15, 0.2) is 29.2 Å². The van der Waals surface area contributed by atoms with E-state index in [9.17, 15) is 8.42 Å². The summed E-state index contributed by atoms with van der Waals surface area (Å²) in [6.07, 6.45) is 0.900. The summed E-state index contributed by atoms with van der Waals surface area (Å²) >= 11 is 3.62. The smallest absolute Gasteiger partial charge is 0.214 e. The van der Waals surface area contributed by atoms with Gasteiger partial charge in [-0.15, -0.1) is 0 Å². The SMILES string of the molecule is CNS(=O)(=O)c1ccc(CC(Br)C(C)C)cc1. The fourth-order valence-electron chi connectivity index (χ4n) is 1.38. The Bertz CT molecular complexity index is 454. The Morgan fingerprint density at radius 2 is 1.76 bits per heavy atom. The highest BCUT2D eigenvalue weighted by atomic mass is 79.9. The van der Waals surface area contributed by atoms with Gasteiger partial charge in [0.2, 0.25) is 10.0 Å². The van der Waals surface area contributed by atoms with Crippen molar-refractivity contribution in [1.82, 2.24) is 4.72 Å². The predicted octanol–water partition coefficient (Wildman–Crippen LogP) is 2.56. The van der Waals surface area contributed by atoms with Gasteiger partial charge in [0.15, 0.2) is 0 Å². The van der Waals surface area contributed by atoms with E-state index in [1.54, 1.807) is 12.1 Å². The Balaban J connectivity index is 2.82. The van der Waals surface area contributed by atoms with Gasteiger partial charge in [0.1, 0.15) is 0 Å². The van der Waals surface area contributed by atoms with Crippen molar-refractivity contribution in [3.8, 4) is 0 Å². The second-order valence-corrected chi connectivity index (χ2v) is 7.38. The highest BCUT2D eigenvalue weighted by Crippen LogP contribution is 2.19. The molecule has 0 radical (unpaired) electrons. The van der Waals surface area contributed by atoms with E-state index >= 15 is 0 Å². The zero-order valence-corrected chi connectivity index (χ0v) is 12.7. The number of hydrogen-bond acceptors (Lipinski definition) is 2. The van der Waals surface area contributed by atoms with Crippen LogP contribution in [0, 0.1) is 5.92 Å². The van der Waals surface area contributed by atoms with Gasteiger partial charge < -0.3 is 0 Å². The molecule has 96 valence electrons. The van der Waals surface area contributed by atoms with Gasteiger partial charge >= 0.3 is 0 Å². The van der Waals surface area contributed by atoms with E-state index in [-0.39, 0.29) is 0 Å². The Morgan fingerprint density at radius 3 is 2.18 bits per heavy atom. The van der Waals surface area contributed by atoms with E-state index in [0.717, 1.165) is 12.0 Å². The molecular weight excluding hydrogens is 302 g/mol. The van der Waals surface area contributed by atoms with E-state index in [1.807, 2.05) is 12.1 Å². The third-order valence-electron chi connectivity index (χ3n) is 2.66. The summed E-state index contributed by atoms with van der Waals surface area (Å²) in [7, 11) is -1.91. The van der Waals surface area contributed by atoms with Crippen LogP contribution in [0.1, 0.15) is 19.4 Å². The minimum Gasteiger partial charge on any atom is -0.214 e. The molecule has 0 aliphatic heterocycles. The van der Waals surface area contributed by atoms with Crippen molar-refractivity contribution in [2.24, 2.45) is 5.92 Å². The topological polar surface area (TPSA) is 46.2 Å². The zero-order valence-electron chi connectivity index (χ0n) is 10.3. The summed E-state index contributed by atoms with van der Waals surface area (Å²) in [5.41, 5.74) is 1.13. The largest absolute Gasteiger partial charge is 0.240 e. The van der Waals surface area contributed by atoms with Gasteiger partial charge in [-0.2, -0.15) is 0 Å². The molecule has 0 aliphatic carbocycles. The Hall–Kier alpha value is -0.390. The maximum absolute atomic E-state index is 11.5. The number of sulfonamides is 1. The molecule has 1 N–H and O–H groups in total. The third-order valence-corrected chi connectivity index (χ3v) is 5.47. The van der Waals surface area contributed by atoms with Crippen molar-refractivity contribution < 1.29 is 8.42 Å². The first-order valence-corrected chi connectivity index (χ1v) is 7.93. The lowest BCUT2D eigenvalue weighted by Crippen LogP contribution is -2.18. The molecule has 0 fully saturated rings. The lowest BCUT2D eigenvalue weighted by Gasteiger charge is -2.13. The number of alkyl halides is 1. The van der Waals surface area contributed by atoms with Crippen LogP contribution in [0.4, 0.5) is 0 Å². The molecule has 0 spiro atoms. The van der Waals surface area contributed by atoms with Crippen LogP contribution in [0.25, 0.3) is 0 Å². The molecule has 0 bridgehead atoms. The van der Waals surface area contributed by atoms with E-state index in [0.29, 0.717) is 15.6 Å². The Morgan fingerprint density at radius 1 is 1.24 bits per heavy atom. The summed E-state index contributed by atoms with van der Waals surface area (Å²) in [5.74, 6) is 0.552. The molecule has 0 saturated carbocycles. The number of hydrogen-bond donors (Lipinski definition) is 1. The van der Waals surface area contributed by atoms with Crippen LogP contribution in [-0.4, -0.2) is 20.3 Å². The van der Waals surface area contributed by atoms with E-state index in [2.05, 4.69) is 34.5 Å². The summed E-state index contributed by atoms with van der Waals surface area (Å²) in [4.78, 5) is 0.716. The molecule has 5 heteroatoms. The second kappa shape index (κ2) is 5.98. The highest BCUT2D eigenvalue weighted by molar-refractivity contribution is 9.09. The van der Waals surface area contributed by atoms with Crippen molar-refractivity contribution in [2.75, 3.05) is 7.05 Å². The van der Waals surface area contributed by atoms with Crippen LogP contribution in [0.5, 0.6) is 0 Å². The van der Waals surface area contributed by atoms with Gasteiger partial charge in [0, 0.05) is 4.83 Å². The number of halogens is 1. The zero-order chi connectivity index (χ0) is 13.1. The van der Waals surface area contributed by atoms with Crippen LogP contribution >= 0.6 is 15.9 Å². The molecule has 0 heterocycles. The van der Waals surface area contributed by atoms with Crippen LogP contribution < -0.4 is 4.72 Å². The summed E-state index contributed by atoms with van der Waals surface area (Å²) in [6, 6.07) is 7.00. The standard InChI is InChI=1S/C12H18BrNO2S/c1-9(2)12(13)8-10-4-6-11(7-5-10)17(15,16)14-3/h4-7,9,12,14H,8H2,1-3H3. The van der Waals surface area contributed by atoms with Gasteiger partial charge in [-0.05, 0) is 37.1 Å². The molecule has 3 nitrogen and oxygen atoms in total. The highest BCUT2D eigenvalue weighted by Gasteiger charge is 2.13. The maximum Gasteiger partial charge on any atom is 0.240 e. The molecule has 0 saturated heterocycles. The Kier molecular flexibility index (Phi) is 5.16. The number of rotatable bonds is 5. The lowest BCUT2D eigenvalue weighted by molar-refractivity contribution is 0.588. The van der Waals surface area contributed by atoms with Crippen LogP contribution in [-0.2, 0) is 16.4 Å². The van der Waals surface area contributed by atoms with Crippen molar-refractivity contribution >= 4 is 26.0 Å². The fourth-order valence-corrected chi connectivity index (χ4v) is 2.49. The van der Waals surface area contributed by atoms with E-state index in [4.69, 9.17) is 0 Å².